The lowest BCUT2D eigenvalue weighted by Gasteiger charge is -2.28. The van der Waals surface area contributed by atoms with E-state index >= 15 is 0 Å². The van der Waals surface area contributed by atoms with Crippen molar-refractivity contribution < 1.29 is 9.90 Å². The maximum atomic E-state index is 12.5. The smallest absolute Gasteiger partial charge is 0.214 e. The molecule has 100 valence electrons. The van der Waals surface area contributed by atoms with Gasteiger partial charge in [-0.05, 0) is 23.6 Å². The van der Waals surface area contributed by atoms with Crippen LogP contribution in [0.25, 0.3) is 0 Å². The van der Waals surface area contributed by atoms with Crippen molar-refractivity contribution >= 4 is 34.3 Å². The summed E-state index contributed by atoms with van der Waals surface area (Å²) in [7, 11) is 0. The Balaban J connectivity index is 1.87. The normalized spacial score (nSPS) is 24.4. The number of rotatable bonds is 1. The van der Waals surface area contributed by atoms with E-state index in [9.17, 15) is 9.90 Å². The van der Waals surface area contributed by atoms with Crippen molar-refractivity contribution in [2.75, 3.05) is 11.4 Å². The van der Waals surface area contributed by atoms with Gasteiger partial charge < -0.3 is 10.0 Å². The third kappa shape index (κ3) is 1.44. The molecule has 4 rings (SSSR count). The van der Waals surface area contributed by atoms with Crippen LogP contribution in [0.3, 0.4) is 0 Å². The van der Waals surface area contributed by atoms with Gasteiger partial charge in [0.25, 0.3) is 0 Å². The first-order valence-electron chi connectivity index (χ1n) is 6.46. The molecule has 0 bridgehead atoms. The number of amidine groups is 1. The fourth-order valence-corrected chi connectivity index (χ4v) is 3.65. The van der Waals surface area contributed by atoms with Gasteiger partial charge in [0.15, 0.2) is 5.60 Å². The van der Waals surface area contributed by atoms with Crippen molar-refractivity contribution in [3.05, 3.63) is 46.7 Å². The number of carbonyl (C=O) groups is 1. The molecule has 2 aliphatic heterocycles. The molecule has 0 radical (unpaired) electrons. The molecule has 0 amide bonds. The Morgan fingerprint density at radius 3 is 2.85 bits per heavy atom. The zero-order valence-electron chi connectivity index (χ0n) is 10.6. The molecule has 0 saturated carbocycles. The summed E-state index contributed by atoms with van der Waals surface area (Å²) in [6, 6.07) is 11.6. The Morgan fingerprint density at radius 1 is 1.25 bits per heavy atom. The first kappa shape index (κ1) is 11.8. The molecule has 2 aliphatic rings. The molecule has 1 fully saturated rings. The summed E-state index contributed by atoms with van der Waals surface area (Å²) < 4.78 is 0. The zero-order valence-corrected chi connectivity index (χ0v) is 11.4. The molecule has 4 nitrogen and oxygen atoms in total. The highest BCUT2D eigenvalue weighted by Gasteiger charge is 2.52. The highest BCUT2D eigenvalue weighted by Crippen LogP contribution is 2.41. The van der Waals surface area contributed by atoms with Gasteiger partial charge in [-0.25, -0.2) is 4.99 Å². The van der Waals surface area contributed by atoms with Gasteiger partial charge >= 0.3 is 0 Å². The van der Waals surface area contributed by atoms with Crippen LogP contribution in [-0.4, -0.2) is 28.9 Å². The first-order chi connectivity index (χ1) is 9.70. The summed E-state index contributed by atoms with van der Waals surface area (Å²) in [4.78, 5) is 19.5. The fourth-order valence-electron chi connectivity index (χ4n) is 2.80. The van der Waals surface area contributed by atoms with E-state index in [2.05, 4.69) is 4.99 Å². The number of ketones is 1. The van der Waals surface area contributed by atoms with Crippen LogP contribution in [-0.2, 0) is 0 Å². The molecule has 1 unspecified atom stereocenters. The summed E-state index contributed by atoms with van der Waals surface area (Å²) >= 11 is 1.34. The molecular formula is C15H12N2O2S. The number of Topliss-reactive ketones (excluding diaryl/α,β-unsaturated/α-hetero) is 1. The second kappa shape index (κ2) is 4.01. The Morgan fingerprint density at radius 2 is 2.05 bits per heavy atom. The molecule has 0 aliphatic carbocycles. The number of thiophene rings is 1. The van der Waals surface area contributed by atoms with Gasteiger partial charge in [-0.1, -0.05) is 18.2 Å². The number of anilines is 1. The third-order valence-electron chi connectivity index (χ3n) is 3.84. The van der Waals surface area contributed by atoms with Gasteiger partial charge in [0.2, 0.25) is 5.78 Å². The van der Waals surface area contributed by atoms with E-state index in [1.165, 1.54) is 11.3 Å². The van der Waals surface area contributed by atoms with Gasteiger partial charge in [0, 0.05) is 18.7 Å². The van der Waals surface area contributed by atoms with Crippen molar-refractivity contribution in [2.45, 2.75) is 12.0 Å². The van der Waals surface area contributed by atoms with Gasteiger partial charge in [-0.2, -0.15) is 0 Å². The highest BCUT2D eigenvalue weighted by molar-refractivity contribution is 7.13. The van der Waals surface area contributed by atoms with Crippen LogP contribution in [0.5, 0.6) is 0 Å². The van der Waals surface area contributed by atoms with Crippen LogP contribution in [0, 0.1) is 0 Å². The monoisotopic (exact) mass is 284 g/mol. The van der Waals surface area contributed by atoms with Gasteiger partial charge in [-0.3, -0.25) is 4.79 Å². The summed E-state index contributed by atoms with van der Waals surface area (Å²) in [5.74, 6) is 0.241. The van der Waals surface area contributed by atoms with Gasteiger partial charge in [0.1, 0.15) is 5.84 Å². The Kier molecular flexibility index (Phi) is 2.37. The maximum absolute atomic E-state index is 12.5. The number of hydrogen-bond acceptors (Lipinski definition) is 5. The molecule has 1 atom stereocenters. The van der Waals surface area contributed by atoms with E-state index in [0.717, 1.165) is 5.69 Å². The van der Waals surface area contributed by atoms with E-state index < -0.39 is 5.60 Å². The zero-order chi connectivity index (χ0) is 13.7. The lowest BCUT2D eigenvalue weighted by molar-refractivity contribution is 0.0607. The van der Waals surface area contributed by atoms with Gasteiger partial charge in [-0.15, -0.1) is 11.3 Å². The second-order valence-electron chi connectivity index (χ2n) is 5.00. The number of aliphatic hydroxyl groups is 1. The SMILES string of the molecule is O=C1c2sccc2N=C2N(c3ccccc3)CCC12O. The minimum atomic E-state index is -1.46. The van der Waals surface area contributed by atoms with Gasteiger partial charge in [0.05, 0.1) is 10.6 Å². The van der Waals surface area contributed by atoms with Crippen LogP contribution in [0.15, 0.2) is 46.8 Å². The first-order valence-corrected chi connectivity index (χ1v) is 7.34. The maximum Gasteiger partial charge on any atom is 0.214 e. The number of hydrogen-bond donors (Lipinski definition) is 1. The topological polar surface area (TPSA) is 52.9 Å². The van der Waals surface area contributed by atoms with E-state index in [1.54, 1.807) is 0 Å². The van der Waals surface area contributed by atoms with E-state index in [-0.39, 0.29) is 5.78 Å². The van der Waals surface area contributed by atoms with E-state index in [0.29, 0.717) is 29.4 Å². The molecule has 2 aromatic rings. The van der Waals surface area contributed by atoms with Crippen molar-refractivity contribution in [1.29, 1.82) is 0 Å². The summed E-state index contributed by atoms with van der Waals surface area (Å²) in [6.07, 6.45) is 0.386. The predicted octanol–water partition coefficient (Wildman–Crippen LogP) is 2.62. The van der Waals surface area contributed by atoms with Crippen molar-refractivity contribution in [1.82, 2.24) is 0 Å². The number of aliphatic imine (C=N–C) groups is 1. The Bertz CT molecular complexity index is 722. The molecule has 1 aromatic carbocycles. The molecule has 1 saturated heterocycles. The quantitative estimate of drug-likeness (QED) is 0.875. The van der Waals surface area contributed by atoms with Crippen molar-refractivity contribution in [3.63, 3.8) is 0 Å². The number of benzene rings is 1. The minimum Gasteiger partial charge on any atom is -0.374 e. The van der Waals surface area contributed by atoms with Crippen LogP contribution in [0.2, 0.25) is 0 Å². The molecular weight excluding hydrogens is 272 g/mol. The molecule has 20 heavy (non-hydrogen) atoms. The number of fused-ring (bicyclic) bond motifs is 2. The van der Waals surface area contributed by atoms with Crippen LogP contribution in [0.1, 0.15) is 16.1 Å². The molecule has 5 heteroatoms. The third-order valence-corrected chi connectivity index (χ3v) is 4.75. The lowest BCUT2D eigenvalue weighted by Crippen LogP contribution is -2.48. The highest BCUT2D eigenvalue weighted by atomic mass is 32.1. The molecule has 3 heterocycles. The minimum absolute atomic E-state index is 0.217. The molecule has 1 aromatic heterocycles. The average molecular weight is 284 g/mol. The Labute approximate surface area is 120 Å². The summed E-state index contributed by atoms with van der Waals surface area (Å²) in [6.45, 7) is 0.597. The number of nitrogens with zero attached hydrogens (tertiary/aromatic N) is 2. The average Bonchev–Trinajstić information content (AvgIpc) is 3.06. The summed E-state index contributed by atoms with van der Waals surface area (Å²) in [5.41, 5.74) is 0.157. The van der Waals surface area contributed by atoms with Crippen LogP contribution in [0.4, 0.5) is 11.4 Å². The second-order valence-corrected chi connectivity index (χ2v) is 5.91. The van der Waals surface area contributed by atoms with Crippen LogP contribution >= 0.6 is 11.3 Å². The fraction of sp³-hybridized carbons (Fsp3) is 0.200. The van der Waals surface area contributed by atoms with Crippen molar-refractivity contribution in [3.8, 4) is 0 Å². The standard InChI is InChI=1S/C15H12N2O2S/c18-13-12-11(6-9-20-12)16-14-15(13,19)7-8-17(14)10-4-2-1-3-5-10/h1-6,9,19H,7-8H2. The lowest BCUT2D eigenvalue weighted by atomic mass is 9.92. The molecule has 0 spiro atoms. The van der Waals surface area contributed by atoms with Crippen molar-refractivity contribution in [2.24, 2.45) is 4.99 Å². The van der Waals surface area contributed by atoms with E-state index in [4.69, 9.17) is 0 Å². The molecule has 1 N–H and O–H groups in total. The largest absolute Gasteiger partial charge is 0.374 e. The van der Waals surface area contributed by atoms with E-state index in [1.807, 2.05) is 46.7 Å². The summed E-state index contributed by atoms with van der Waals surface area (Å²) in [5, 5.41) is 12.6. The Hall–Kier alpha value is -1.98. The predicted molar refractivity (Wildman–Crippen MR) is 79.1 cm³/mol. The number of carbonyl (C=O) groups excluding carboxylic acids is 1. The van der Waals surface area contributed by atoms with Crippen LogP contribution < -0.4 is 4.90 Å². The number of para-hydroxylation sites is 1.